The van der Waals surface area contributed by atoms with Crippen LogP contribution in [0.1, 0.15) is 93.7 Å². The third-order valence-electron chi connectivity index (χ3n) is 8.56. The number of carboxylic acid groups (broad SMARTS) is 1. The van der Waals surface area contributed by atoms with E-state index < -0.39 is 24.2 Å². The summed E-state index contributed by atoms with van der Waals surface area (Å²) in [6.07, 6.45) is -0.511. The van der Waals surface area contributed by atoms with Crippen LogP contribution in [-0.4, -0.2) is 77.9 Å². The lowest BCUT2D eigenvalue weighted by molar-refractivity contribution is -0.140. The molecule has 46 heavy (non-hydrogen) atoms. The number of aromatic carboxylic acids is 1. The zero-order valence-electron chi connectivity index (χ0n) is 26.7. The van der Waals surface area contributed by atoms with Crippen LogP contribution in [0.4, 0.5) is 5.69 Å². The fraction of sp³-hybridized carbons (Fsp3) is 0.389. The molecule has 3 aromatic carbocycles. The number of ketones is 1. The number of piperazine rings is 1. The molecule has 10 heteroatoms. The van der Waals surface area contributed by atoms with E-state index in [-0.39, 0.29) is 34.6 Å². The summed E-state index contributed by atoms with van der Waals surface area (Å²) in [5, 5.41) is 13.3. The first kappa shape index (κ1) is 32.8. The number of benzene rings is 3. The minimum Gasteiger partial charge on any atom is -0.478 e. The molecule has 2 aliphatic heterocycles. The second kappa shape index (κ2) is 14.3. The number of nitrogens with one attached hydrogen (secondary N) is 1. The molecule has 3 aromatic rings. The van der Waals surface area contributed by atoms with Crippen molar-refractivity contribution in [2.24, 2.45) is 5.92 Å². The van der Waals surface area contributed by atoms with Crippen molar-refractivity contribution in [1.82, 2.24) is 9.80 Å². The summed E-state index contributed by atoms with van der Waals surface area (Å²) in [5.74, 6) is -2.39. The molecular weight excluding hydrogens is 586 g/mol. The maximum Gasteiger partial charge on any atom is 0.336 e. The number of amides is 2. The van der Waals surface area contributed by atoms with Crippen LogP contribution in [-0.2, 0) is 14.3 Å². The Labute approximate surface area is 269 Å². The monoisotopic (exact) mass is 627 g/mol. The number of carboxylic acids is 1. The van der Waals surface area contributed by atoms with E-state index in [1.807, 2.05) is 52.0 Å². The van der Waals surface area contributed by atoms with Crippen LogP contribution < -0.4 is 5.32 Å². The number of hydrogen-bond acceptors (Lipinski definition) is 7. The lowest BCUT2D eigenvalue weighted by Gasteiger charge is -2.36. The van der Waals surface area contributed by atoms with Crippen molar-refractivity contribution in [3.05, 3.63) is 100 Å². The highest BCUT2D eigenvalue weighted by Gasteiger charge is 2.40. The van der Waals surface area contributed by atoms with E-state index in [4.69, 9.17) is 9.47 Å². The Morgan fingerprint density at radius 3 is 2.00 bits per heavy atom. The van der Waals surface area contributed by atoms with Gasteiger partial charge in [0.15, 0.2) is 12.1 Å². The molecule has 0 aromatic heterocycles. The standard InChI is InChI=1S/C36H41N3O7/c1-5-45-36(46-6-2)26-16-12-24(13-17-26)31-29(32(40)30-27(35(43)44)8-7-9-28(30)37-31)23-10-14-25(15-11-23)34(42)39-20-18-38(19-21-39)33(41)22(3)4/h7-17,22,29,31,36-37H,5-6,18-21H2,1-4H3,(H,43,44). The first-order chi connectivity index (χ1) is 22.1. The van der Waals surface area contributed by atoms with E-state index in [9.17, 15) is 24.3 Å². The Morgan fingerprint density at radius 2 is 1.43 bits per heavy atom. The fourth-order valence-electron chi connectivity index (χ4n) is 6.21. The summed E-state index contributed by atoms with van der Waals surface area (Å²) in [5.41, 5.74) is 3.34. The number of carbonyl (C=O) groups is 4. The molecule has 2 heterocycles. The maximum absolute atomic E-state index is 14.2. The van der Waals surface area contributed by atoms with Crippen LogP contribution in [0.25, 0.3) is 0 Å². The summed E-state index contributed by atoms with van der Waals surface area (Å²) in [6, 6.07) is 18.9. The molecule has 5 rings (SSSR count). The smallest absolute Gasteiger partial charge is 0.336 e. The molecule has 1 fully saturated rings. The van der Waals surface area contributed by atoms with Gasteiger partial charge in [-0.15, -0.1) is 0 Å². The molecular formula is C36H41N3O7. The van der Waals surface area contributed by atoms with Gasteiger partial charge in [-0.2, -0.15) is 0 Å². The first-order valence-electron chi connectivity index (χ1n) is 15.8. The topological polar surface area (TPSA) is 125 Å². The van der Waals surface area contributed by atoms with Crippen LogP contribution in [0.2, 0.25) is 0 Å². The van der Waals surface area contributed by atoms with Gasteiger partial charge in [0.2, 0.25) is 5.91 Å². The summed E-state index contributed by atoms with van der Waals surface area (Å²) in [7, 11) is 0. The predicted octanol–water partition coefficient (Wildman–Crippen LogP) is 5.53. The van der Waals surface area contributed by atoms with Crippen molar-refractivity contribution >= 4 is 29.3 Å². The third kappa shape index (κ3) is 6.68. The normalized spacial score (nSPS) is 18.0. The van der Waals surface area contributed by atoms with Gasteiger partial charge in [0, 0.05) is 62.1 Å². The molecule has 2 unspecified atom stereocenters. The van der Waals surface area contributed by atoms with E-state index in [1.54, 1.807) is 46.2 Å². The number of nitrogens with zero attached hydrogens (tertiary/aromatic N) is 2. The SMILES string of the molecule is CCOC(OCC)c1ccc(C2Nc3cccc(C(=O)O)c3C(=O)C2c2ccc(C(=O)N3CCN(C(=O)C(C)C)CC3)cc2)cc1. The molecule has 0 bridgehead atoms. The van der Waals surface area contributed by atoms with Gasteiger partial charge in [0.25, 0.3) is 5.91 Å². The quantitative estimate of drug-likeness (QED) is 0.281. The minimum absolute atomic E-state index is 0.0630. The lowest BCUT2D eigenvalue weighted by Crippen LogP contribution is -2.51. The van der Waals surface area contributed by atoms with Crippen molar-refractivity contribution in [1.29, 1.82) is 0 Å². The molecule has 2 aliphatic rings. The van der Waals surface area contributed by atoms with Gasteiger partial charge >= 0.3 is 5.97 Å². The maximum atomic E-state index is 14.2. The Morgan fingerprint density at radius 1 is 0.848 bits per heavy atom. The largest absolute Gasteiger partial charge is 0.478 e. The Kier molecular flexibility index (Phi) is 10.2. The minimum atomic E-state index is -1.18. The van der Waals surface area contributed by atoms with E-state index >= 15 is 0 Å². The number of fused-ring (bicyclic) bond motifs is 1. The van der Waals surface area contributed by atoms with Crippen LogP contribution >= 0.6 is 0 Å². The van der Waals surface area contributed by atoms with E-state index in [2.05, 4.69) is 5.32 Å². The molecule has 2 atom stereocenters. The van der Waals surface area contributed by atoms with Crippen molar-refractivity contribution < 1.29 is 33.8 Å². The van der Waals surface area contributed by atoms with Crippen LogP contribution in [0, 0.1) is 5.92 Å². The zero-order valence-corrected chi connectivity index (χ0v) is 26.7. The average Bonchev–Trinajstić information content (AvgIpc) is 3.07. The molecule has 2 N–H and O–H groups in total. The molecule has 0 radical (unpaired) electrons. The number of anilines is 1. The van der Waals surface area contributed by atoms with E-state index in [0.717, 1.165) is 11.1 Å². The van der Waals surface area contributed by atoms with Crippen LogP contribution in [0.5, 0.6) is 0 Å². The number of carbonyl (C=O) groups excluding carboxylic acids is 3. The highest BCUT2D eigenvalue weighted by atomic mass is 16.7. The average molecular weight is 628 g/mol. The molecule has 0 saturated carbocycles. The van der Waals surface area contributed by atoms with Gasteiger partial charge in [-0.25, -0.2) is 4.79 Å². The lowest BCUT2D eigenvalue weighted by atomic mass is 9.77. The van der Waals surface area contributed by atoms with Gasteiger partial charge < -0.3 is 29.7 Å². The molecule has 0 aliphatic carbocycles. The van der Waals surface area contributed by atoms with Crippen molar-refractivity contribution in [3.8, 4) is 0 Å². The van der Waals surface area contributed by atoms with Gasteiger partial charge in [0.1, 0.15) is 0 Å². The zero-order chi connectivity index (χ0) is 33.0. The van der Waals surface area contributed by atoms with Crippen molar-refractivity contribution in [2.75, 3.05) is 44.7 Å². The number of hydrogen-bond donors (Lipinski definition) is 2. The van der Waals surface area contributed by atoms with Crippen LogP contribution in [0.3, 0.4) is 0 Å². The number of rotatable bonds is 10. The highest BCUT2D eigenvalue weighted by molar-refractivity contribution is 6.14. The Hall–Kier alpha value is -4.54. The Bertz CT molecular complexity index is 1570. The van der Waals surface area contributed by atoms with Crippen molar-refractivity contribution in [2.45, 2.75) is 45.9 Å². The predicted molar refractivity (Wildman–Crippen MR) is 173 cm³/mol. The molecule has 10 nitrogen and oxygen atoms in total. The summed E-state index contributed by atoms with van der Waals surface area (Å²) >= 11 is 0. The van der Waals surface area contributed by atoms with Gasteiger partial charge in [-0.3, -0.25) is 14.4 Å². The Balaban J connectivity index is 1.44. The highest BCUT2D eigenvalue weighted by Crippen LogP contribution is 2.44. The summed E-state index contributed by atoms with van der Waals surface area (Å²) < 4.78 is 11.5. The molecule has 0 spiro atoms. The summed E-state index contributed by atoms with van der Waals surface area (Å²) in [6.45, 7) is 10.4. The van der Waals surface area contributed by atoms with E-state index in [1.165, 1.54) is 6.07 Å². The number of ether oxygens (including phenoxy) is 2. The summed E-state index contributed by atoms with van der Waals surface area (Å²) in [4.78, 5) is 55.6. The number of Topliss-reactive ketones (excluding diaryl/α,β-unsaturated/α-hetero) is 1. The first-order valence-corrected chi connectivity index (χ1v) is 15.8. The van der Waals surface area contributed by atoms with Gasteiger partial charge in [-0.1, -0.05) is 56.3 Å². The third-order valence-corrected chi connectivity index (χ3v) is 8.56. The second-order valence-electron chi connectivity index (χ2n) is 11.8. The fourth-order valence-corrected chi connectivity index (χ4v) is 6.21. The molecule has 2 amide bonds. The van der Waals surface area contributed by atoms with Crippen molar-refractivity contribution in [3.63, 3.8) is 0 Å². The van der Waals surface area contributed by atoms with E-state index in [0.29, 0.717) is 56.2 Å². The van der Waals surface area contributed by atoms with Crippen LogP contribution in [0.15, 0.2) is 66.7 Å². The molecule has 1 saturated heterocycles. The van der Waals surface area contributed by atoms with Gasteiger partial charge in [-0.05, 0) is 49.2 Å². The van der Waals surface area contributed by atoms with Gasteiger partial charge in [0.05, 0.1) is 23.1 Å². The second-order valence-corrected chi connectivity index (χ2v) is 11.8. The molecule has 242 valence electrons.